The molecule has 0 aliphatic carbocycles. The predicted octanol–water partition coefficient (Wildman–Crippen LogP) is 0.529. The summed E-state index contributed by atoms with van der Waals surface area (Å²) in [6.07, 6.45) is 2.97. The highest BCUT2D eigenvalue weighted by Gasteiger charge is 2.11. The largest absolute Gasteiger partial charge is 0.384 e. The third-order valence-corrected chi connectivity index (χ3v) is 2.55. The second-order valence-electron chi connectivity index (χ2n) is 3.08. The maximum Gasteiger partial charge on any atom is 0.258 e. The number of carbonyl (C=O) groups is 1. The minimum Gasteiger partial charge on any atom is -0.384 e. The molecule has 0 fully saturated rings. The van der Waals surface area contributed by atoms with Gasteiger partial charge in [-0.15, -0.1) is 10.2 Å². The normalized spacial score (nSPS) is 9.39. The van der Waals surface area contributed by atoms with Gasteiger partial charge in [-0.25, -0.2) is 0 Å². The van der Waals surface area contributed by atoms with E-state index >= 15 is 0 Å². The Balaban J connectivity index is 2.24. The van der Waals surface area contributed by atoms with Gasteiger partial charge in [-0.3, -0.25) is 15.1 Å². The van der Waals surface area contributed by atoms with Crippen molar-refractivity contribution >= 4 is 22.4 Å². The van der Waals surface area contributed by atoms with Gasteiger partial charge in [0.05, 0.1) is 11.1 Å². The lowest BCUT2D eigenvalue weighted by Gasteiger charge is -2.02. The Labute approximate surface area is 107 Å². The molecule has 1 amide bonds. The first-order chi connectivity index (χ1) is 8.81. The summed E-state index contributed by atoms with van der Waals surface area (Å²) in [5.41, 5.74) is 2.35. The molecule has 2 N–H and O–H groups in total. The van der Waals surface area contributed by atoms with Gasteiger partial charge in [0.2, 0.25) is 5.13 Å². The fraction of sp³-hybridized carbons (Fsp3) is 0.0909. The molecule has 6 nitrogen and oxygen atoms in total. The summed E-state index contributed by atoms with van der Waals surface area (Å²) in [6, 6.07) is 1.55. The first-order valence-corrected chi connectivity index (χ1v) is 5.80. The molecular formula is C11H8N4O2S. The van der Waals surface area contributed by atoms with E-state index in [1.807, 2.05) is 0 Å². The van der Waals surface area contributed by atoms with Gasteiger partial charge in [0.25, 0.3) is 5.91 Å². The Morgan fingerprint density at radius 2 is 2.44 bits per heavy atom. The number of rotatable bonds is 2. The van der Waals surface area contributed by atoms with Crippen molar-refractivity contribution in [3.8, 4) is 11.8 Å². The number of pyridine rings is 1. The van der Waals surface area contributed by atoms with Crippen molar-refractivity contribution in [3.05, 3.63) is 35.1 Å². The van der Waals surface area contributed by atoms with Gasteiger partial charge in [0, 0.05) is 12.4 Å². The molecule has 7 heteroatoms. The lowest BCUT2D eigenvalue weighted by molar-refractivity contribution is 0.102. The van der Waals surface area contributed by atoms with Gasteiger partial charge in [-0.2, -0.15) is 0 Å². The first-order valence-electron chi connectivity index (χ1n) is 4.92. The van der Waals surface area contributed by atoms with E-state index in [4.69, 9.17) is 5.11 Å². The minimum absolute atomic E-state index is 0.271. The second-order valence-corrected chi connectivity index (χ2v) is 3.91. The summed E-state index contributed by atoms with van der Waals surface area (Å²) in [7, 11) is 0. The zero-order chi connectivity index (χ0) is 12.8. The molecule has 0 saturated heterocycles. The number of nitrogens with zero attached hydrogens (tertiary/aromatic N) is 3. The second kappa shape index (κ2) is 5.86. The monoisotopic (exact) mass is 260 g/mol. The van der Waals surface area contributed by atoms with Crippen LogP contribution in [0.5, 0.6) is 0 Å². The van der Waals surface area contributed by atoms with Crippen LogP contribution in [0.15, 0.2) is 24.0 Å². The van der Waals surface area contributed by atoms with Crippen molar-refractivity contribution in [1.29, 1.82) is 0 Å². The number of nitrogens with one attached hydrogen (secondary N) is 1. The Hall–Kier alpha value is -2.30. The summed E-state index contributed by atoms with van der Waals surface area (Å²) in [6.45, 7) is -0.271. The molecule has 0 spiro atoms. The minimum atomic E-state index is -0.337. The van der Waals surface area contributed by atoms with Crippen LogP contribution in [0.3, 0.4) is 0 Å². The molecule has 2 rings (SSSR count). The van der Waals surface area contributed by atoms with Crippen molar-refractivity contribution in [2.24, 2.45) is 0 Å². The molecule has 0 aromatic carbocycles. The molecule has 18 heavy (non-hydrogen) atoms. The van der Waals surface area contributed by atoms with Crippen LogP contribution in [-0.2, 0) is 0 Å². The highest BCUT2D eigenvalue weighted by Crippen LogP contribution is 2.12. The van der Waals surface area contributed by atoms with E-state index in [1.165, 1.54) is 29.2 Å². The maximum atomic E-state index is 12.0. The van der Waals surface area contributed by atoms with Gasteiger partial charge in [0.1, 0.15) is 12.1 Å². The highest BCUT2D eigenvalue weighted by atomic mass is 32.1. The zero-order valence-corrected chi connectivity index (χ0v) is 9.94. The van der Waals surface area contributed by atoms with Crippen molar-refractivity contribution in [1.82, 2.24) is 15.2 Å². The average molecular weight is 260 g/mol. The van der Waals surface area contributed by atoms with Gasteiger partial charge in [-0.1, -0.05) is 23.2 Å². The van der Waals surface area contributed by atoms with Crippen LogP contribution in [0.25, 0.3) is 0 Å². The van der Waals surface area contributed by atoms with E-state index < -0.39 is 0 Å². The smallest absolute Gasteiger partial charge is 0.258 e. The van der Waals surface area contributed by atoms with Crippen LogP contribution < -0.4 is 5.32 Å². The maximum absolute atomic E-state index is 12.0. The lowest BCUT2D eigenvalue weighted by atomic mass is 10.1. The fourth-order valence-electron chi connectivity index (χ4n) is 1.22. The van der Waals surface area contributed by atoms with E-state index in [9.17, 15) is 4.79 Å². The molecule has 2 heterocycles. The lowest BCUT2D eigenvalue weighted by Crippen LogP contribution is -2.13. The molecule has 0 atom stereocenters. The third kappa shape index (κ3) is 2.88. The van der Waals surface area contributed by atoms with E-state index in [-0.39, 0.29) is 12.5 Å². The summed E-state index contributed by atoms with van der Waals surface area (Å²) in [5.74, 6) is 4.81. The molecule has 2 aromatic rings. The zero-order valence-electron chi connectivity index (χ0n) is 9.12. The SMILES string of the molecule is O=C(Nc1nncs1)c1ccncc1C#CCO. The van der Waals surface area contributed by atoms with Crippen molar-refractivity contribution in [2.75, 3.05) is 11.9 Å². The Morgan fingerprint density at radius 3 is 3.17 bits per heavy atom. The summed E-state index contributed by atoms with van der Waals surface area (Å²) in [4.78, 5) is 15.9. The fourth-order valence-corrected chi connectivity index (χ4v) is 1.66. The van der Waals surface area contributed by atoms with Crippen LogP contribution in [0.2, 0.25) is 0 Å². The van der Waals surface area contributed by atoms with Crippen LogP contribution >= 0.6 is 11.3 Å². The molecule has 90 valence electrons. The van der Waals surface area contributed by atoms with Crippen LogP contribution in [0.1, 0.15) is 15.9 Å². The Morgan fingerprint density at radius 1 is 1.56 bits per heavy atom. The van der Waals surface area contributed by atoms with Crippen molar-refractivity contribution in [3.63, 3.8) is 0 Å². The van der Waals surface area contributed by atoms with E-state index in [1.54, 1.807) is 6.07 Å². The number of aliphatic hydroxyl groups is 1. The molecule has 0 aliphatic heterocycles. The number of aromatic nitrogens is 3. The molecule has 0 saturated carbocycles. The standard InChI is InChI=1S/C11H8N4O2S/c16-5-1-2-8-6-12-4-3-9(8)10(17)14-11-15-13-7-18-11/h3-4,6-7,16H,5H2,(H,14,15,17). The number of carbonyl (C=O) groups excluding carboxylic acids is 1. The van der Waals surface area contributed by atoms with E-state index in [0.29, 0.717) is 16.3 Å². The Bertz CT molecular complexity index is 601. The molecule has 0 radical (unpaired) electrons. The quantitative estimate of drug-likeness (QED) is 0.769. The summed E-state index contributed by atoms with van der Waals surface area (Å²) < 4.78 is 0. The number of anilines is 1. The van der Waals surface area contributed by atoms with Crippen molar-refractivity contribution < 1.29 is 9.90 Å². The van der Waals surface area contributed by atoms with E-state index in [2.05, 4.69) is 32.3 Å². The number of hydrogen-bond donors (Lipinski definition) is 2. The van der Waals surface area contributed by atoms with Crippen LogP contribution in [0.4, 0.5) is 5.13 Å². The van der Waals surface area contributed by atoms with Gasteiger partial charge in [-0.05, 0) is 6.07 Å². The topological polar surface area (TPSA) is 88.0 Å². The van der Waals surface area contributed by atoms with E-state index in [0.717, 1.165) is 0 Å². The molecule has 0 bridgehead atoms. The van der Waals surface area contributed by atoms with Gasteiger partial charge in [0.15, 0.2) is 0 Å². The number of amides is 1. The molecule has 0 unspecified atom stereocenters. The average Bonchev–Trinajstić information content (AvgIpc) is 2.89. The summed E-state index contributed by atoms with van der Waals surface area (Å²) in [5, 5.41) is 19.0. The third-order valence-electron chi connectivity index (χ3n) is 1.95. The Kier molecular flexibility index (Phi) is 3.96. The molecule has 0 aliphatic rings. The van der Waals surface area contributed by atoms with Gasteiger partial charge < -0.3 is 5.11 Å². The van der Waals surface area contributed by atoms with Crippen LogP contribution in [0, 0.1) is 11.8 Å². The summed E-state index contributed by atoms with van der Waals surface area (Å²) >= 11 is 1.22. The van der Waals surface area contributed by atoms with Crippen LogP contribution in [-0.4, -0.2) is 32.8 Å². The van der Waals surface area contributed by atoms with Gasteiger partial charge >= 0.3 is 0 Å². The highest BCUT2D eigenvalue weighted by molar-refractivity contribution is 7.13. The predicted molar refractivity (Wildman–Crippen MR) is 66.1 cm³/mol. The molecule has 2 aromatic heterocycles. The first kappa shape index (κ1) is 12.2. The molecular weight excluding hydrogens is 252 g/mol. The number of hydrogen-bond acceptors (Lipinski definition) is 6. The number of aliphatic hydroxyl groups excluding tert-OH is 1. The van der Waals surface area contributed by atoms with Crippen molar-refractivity contribution in [2.45, 2.75) is 0 Å².